The molecule has 4 nitrogen and oxygen atoms in total. The molecule has 2 aromatic rings. The number of rotatable bonds is 7. The lowest BCUT2D eigenvalue weighted by molar-refractivity contribution is 0.171. The Balaban J connectivity index is 2.07. The molecule has 0 heterocycles. The number of benzene rings is 2. The molecule has 0 fully saturated rings. The van der Waals surface area contributed by atoms with Gasteiger partial charge in [0.15, 0.2) is 0 Å². The summed E-state index contributed by atoms with van der Waals surface area (Å²) in [5.74, 6) is -0.00147. The Labute approximate surface area is 131 Å². The summed E-state index contributed by atoms with van der Waals surface area (Å²) in [7, 11) is -3.13. The van der Waals surface area contributed by atoms with Gasteiger partial charge in [0, 0.05) is 18.8 Å². The van der Waals surface area contributed by atoms with Gasteiger partial charge >= 0.3 is 0 Å². The van der Waals surface area contributed by atoms with Crippen LogP contribution in [0.2, 0.25) is 0 Å². The number of hydrogen-bond donors (Lipinski definition) is 2. The van der Waals surface area contributed by atoms with Crippen molar-refractivity contribution >= 4 is 9.84 Å². The third kappa shape index (κ3) is 5.26. The van der Waals surface area contributed by atoms with Crippen LogP contribution in [0.4, 0.5) is 0 Å². The zero-order valence-electron chi connectivity index (χ0n) is 12.5. The van der Waals surface area contributed by atoms with E-state index < -0.39 is 15.9 Å². The highest BCUT2D eigenvalue weighted by atomic mass is 32.2. The SMILES string of the molecule is CS(=O)(=O)CC(NCC(O)c1ccccc1)c1ccccc1. The van der Waals surface area contributed by atoms with E-state index in [-0.39, 0.29) is 11.8 Å². The Bertz CT molecular complexity index is 672. The van der Waals surface area contributed by atoms with Gasteiger partial charge in [-0.25, -0.2) is 8.42 Å². The van der Waals surface area contributed by atoms with E-state index in [0.29, 0.717) is 6.54 Å². The summed E-state index contributed by atoms with van der Waals surface area (Å²) >= 11 is 0. The topological polar surface area (TPSA) is 66.4 Å². The Morgan fingerprint density at radius 1 is 0.955 bits per heavy atom. The Morgan fingerprint density at radius 2 is 1.45 bits per heavy atom. The van der Waals surface area contributed by atoms with Crippen LogP contribution in [-0.4, -0.2) is 32.1 Å². The van der Waals surface area contributed by atoms with Gasteiger partial charge in [-0.1, -0.05) is 60.7 Å². The van der Waals surface area contributed by atoms with Gasteiger partial charge in [0.05, 0.1) is 11.9 Å². The molecule has 5 heteroatoms. The predicted octanol–water partition coefficient (Wildman–Crippen LogP) is 2.10. The molecular formula is C17H21NO3S. The molecule has 0 aromatic heterocycles. The van der Waals surface area contributed by atoms with E-state index in [9.17, 15) is 13.5 Å². The lowest BCUT2D eigenvalue weighted by atomic mass is 10.1. The number of aliphatic hydroxyl groups is 1. The lowest BCUT2D eigenvalue weighted by Crippen LogP contribution is -2.31. The highest BCUT2D eigenvalue weighted by Gasteiger charge is 2.18. The minimum Gasteiger partial charge on any atom is -0.387 e. The van der Waals surface area contributed by atoms with Crippen molar-refractivity contribution in [2.75, 3.05) is 18.6 Å². The molecule has 0 radical (unpaired) electrons. The first-order valence-electron chi connectivity index (χ1n) is 7.15. The fourth-order valence-corrected chi connectivity index (χ4v) is 3.22. The van der Waals surface area contributed by atoms with E-state index in [1.807, 2.05) is 60.7 Å². The van der Waals surface area contributed by atoms with Gasteiger partial charge in [0.2, 0.25) is 0 Å². The molecule has 2 unspecified atom stereocenters. The van der Waals surface area contributed by atoms with E-state index in [4.69, 9.17) is 0 Å². The monoisotopic (exact) mass is 319 g/mol. The van der Waals surface area contributed by atoms with E-state index in [1.165, 1.54) is 6.26 Å². The van der Waals surface area contributed by atoms with Crippen LogP contribution in [0.3, 0.4) is 0 Å². The first-order valence-corrected chi connectivity index (χ1v) is 9.21. The van der Waals surface area contributed by atoms with Gasteiger partial charge in [-0.15, -0.1) is 0 Å². The molecule has 0 saturated carbocycles. The maximum absolute atomic E-state index is 11.6. The van der Waals surface area contributed by atoms with Crippen molar-refractivity contribution in [1.29, 1.82) is 0 Å². The molecule has 2 N–H and O–H groups in total. The average molecular weight is 319 g/mol. The number of nitrogens with one attached hydrogen (secondary N) is 1. The van der Waals surface area contributed by atoms with E-state index >= 15 is 0 Å². The quantitative estimate of drug-likeness (QED) is 0.820. The minimum absolute atomic E-state index is 0.00147. The summed E-state index contributed by atoms with van der Waals surface area (Å²) in [6, 6.07) is 18.4. The van der Waals surface area contributed by atoms with Crippen LogP contribution < -0.4 is 5.32 Å². The van der Waals surface area contributed by atoms with Gasteiger partial charge < -0.3 is 10.4 Å². The van der Waals surface area contributed by atoms with Crippen molar-refractivity contribution in [1.82, 2.24) is 5.32 Å². The summed E-state index contributed by atoms with van der Waals surface area (Å²) in [6.07, 6.45) is 0.546. The molecule has 0 aliphatic heterocycles. The summed E-state index contributed by atoms with van der Waals surface area (Å²) in [5, 5.41) is 13.4. The third-order valence-corrected chi connectivity index (χ3v) is 4.35. The van der Waals surface area contributed by atoms with Gasteiger partial charge in [0.25, 0.3) is 0 Å². The second-order valence-electron chi connectivity index (χ2n) is 5.39. The summed E-state index contributed by atoms with van der Waals surface area (Å²) in [4.78, 5) is 0. The maximum Gasteiger partial charge on any atom is 0.149 e. The van der Waals surface area contributed by atoms with Crippen molar-refractivity contribution in [3.8, 4) is 0 Å². The molecule has 0 spiro atoms. The molecule has 0 amide bonds. The zero-order chi connectivity index (χ0) is 16.0. The zero-order valence-corrected chi connectivity index (χ0v) is 13.3. The molecular weight excluding hydrogens is 298 g/mol. The molecule has 2 aromatic carbocycles. The summed E-state index contributed by atoms with van der Waals surface area (Å²) in [5.41, 5.74) is 1.70. The lowest BCUT2D eigenvalue weighted by Gasteiger charge is -2.21. The van der Waals surface area contributed by atoms with Crippen LogP contribution in [0.25, 0.3) is 0 Å². The predicted molar refractivity (Wildman–Crippen MR) is 88.3 cm³/mol. The van der Waals surface area contributed by atoms with Gasteiger partial charge in [-0.05, 0) is 11.1 Å². The first-order chi connectivity index (χ1) is 10.5. The molecule has 2 rings (SSSR count). The average Bonchev–Trinajstić information content (AvgIpc) is 2.52. The van der Waals surface area contributed by atoms with Crippen LogP contribution in [-0.2, 0) is 9.84 Å². The van der Waals surface area contributed by atoms with E-state index in [2.05, 4.69) is 5.32 Å². The smallest absolute Gasteiger partial charge is 0.149 e. The molecule has 0 aliphatic carbocycles. The van der Waals surface area contributed by atoms with Crippen molar-refractivity contribution in [3.63, 3.8) is 0 Å². The highest BCUT2D eigenvalue weighted by Crippen LogP contribution is 2.17. The van der Waals surface area contributed by atoms with Crippen molar-refractivity contribution in [2.45, 2.75) is 12.1 Å². The van der Waals surface area contributed by atoms with E-state index in [1.54, 1.807) is 0 Å². The van der Waals surface area contributed by atoms with Gasteiger partial charge in [-0.2, -0.15) is 0 Å². The van der Waals surface area contributed by atoms with Crippen LogP contribution in [0.15, 0.2) is 60.7 Å². The fraction of sp³-hybridized carbons (Fsp3) is 0.294. The number of aliphatic hydroxyl groups excluding tert-OH is 1. The fourth-order valence-electron chi connectivity index (χ4n) is 2.31. The van der Waals surface area contributed by atoms with Crippen molar-refractivity contribution in [3.05, 3.63) is 71.8 Å². The Morgan fingerprint density at radius 3 is 1.95 bits per heavy atom. The number of hydrogen-bond acceptors (Lipinski definition) is 4. The third-order valence-electron chi connectivity index (χ3n) is 3.41. The molecule has 0 saturated heterocycles. The minimum atomic E-state index is -3.13. The van der Waals surface area contributed by atoms with Gasteiger partial charge in [0.1, 0.15) is 9.84 Å². The van der Waals surface area contributed by atoms with Crippen LogP contribution in [0, 0.1) is 0 Å². The second kappa shape index (κ2) is 7.54. The van der Waals surface area contributed by atoms with Crippen LogP contribution in [0.1, 0.15) is 23.3 Å². The molecule has 22 heavy (non-hydrogen) atoms. The van der Waals surface area contributed by atoms with Crippen molar-refractivity contribution < 1.29 is 13.5 Å². The largest absolute Gasteiger partial charge is 0.387 e. The van der Waals surface area contributed by atoms with E-state index in [0.717, 1.165) is 11.1 Å². The molecule has 118 valence electrons. The summed E-state index contributed by atoms with van der Waals surface area (Å²) in [6.45, 7) is 0.291. The van der Waals surface area contributed by atoms with Crippen molar-refractivity contribution in [2.24, 2.45) is 0 Å². The molecule has 0 aliphatic rings. The highest BCUT2D eigenvalue weighted by molar-refractivity contribution is 7.90. The van der Waals surface area contributed by atoms with Crippen LogP contribution >= 0.6 is 0 Å². The normalized spacial score (nSPS) is 14.5. The summed E-state index contributed by atoms with van der Waals surface area (Å²) < 4.78 is 23.3. The van der Waals surface area contributed by atoms with Gasteiger partial charge in [-0.3, -0.25) is 0 Å². The standard InChI is InChI=1S/C17H21NO3S/c1-22(20,21)13-16(14-8-4-2-5-9-14)18-12-17(19)15-10-6-3-7-11-15/h2-11,16-19H,12-13H2,1H3. The molecule has 0 bridgehead atoms. The Kier molecular flexibility index (Phi) is 5.71. The second-order valence-corrected chi connectivity index (χ2v) is 7.58. The Hall–Kier alpha value is -1.69. The number of sulfone groups is 1. The molecule has 2 atom stereocenters. The van der Waals surface area contributed by atoms with Crippen LogP contribution in [0.5, 0.6) is 0 Å². The maximum atomic E-state index is 11.6. The first kappa shape index (κ1) is 16.7.